The number of methoxy groups -OCH3 is 2. The lowest BCUT2D eigenvalue weighted by molar-refractivity contribution is -0.192. The molecular formula is C8H14O6. The molecule has 0 saturated carbocycles. The van der Waals surface area contributed by atoms with Crippen LogP contribution in [0.1, 0.15) is 13.3 Å². The normalized spacial score (nSPS) is 17.1. The summed E-state index contributed by atoms with van der Waals surface area (Å²) in [7, 11) is 2.28. The van der Waals surface area contributed by atoms with Crippen molar-refractivity contribution >= 4 is 11.9 Å². The van der Waals surface area contributed by atoms with Crippen LogP contribution in [0.3, 0.4) is 0 Å². The molecule has 14 heavy (non-hydrogen) atoms. The summed E-state index contributed by atoms with van der Waals surface area (Å²) in [6.07, 6.45) is -1.51. The van der Waals surface area contributed by atoms with Gasteiger partial charge in [0.05, 0.1) is 0 Å². The molecule has 0 aliphatic carbocycles. The van der Waals surface area contributed by atoms with E-state index >= 15 is 0 Å². The number of hydrogen-bond acceptors (Lipinski definition) is 4. The Labute approximate surface area is 81.4 Å². The highest BCUT2D eigenvalue weighted by molar-refractivity contribution is 5.87. The third kappa shape index (κ3) is 2.02. The van der Waals surface area contributed by atoms with Crippen molar-refractivity contribution in [2.75, 3.05) is 14.2 Å². The fraction of sp³-hybridized carbons (Fsp3) is 0.750. The van der Waals surface area contributed by atoms with E-state index in [1.54, 1.807) is 0 Å². The number of carboxylic acid groups (broad SMARTS) is 2. The first-order chi connectivity index (χ1) is 6.46. The lowest BCUT2D eigenvalue weighted by Crippen LogP contribution is -2.55. The summed E-state index contributed by atoms with van der Waals surface area (Å²) < 4.78 is 9.37. The SMILES string of the molecule is CCC(OC)(C(=O)O)C(OC)C(=O)O. The van der Waals surface area contributed by atoms with E-state index in [0.29, 0.717) is 0 Å². The molecule has 82 valence electrons. The molecule has 2 atom stereocenters. The zero-order chi connectivity index (χ0) is 11.4. The van der Waals surface area contributed by atoms with Crippen LogP contribution in [0, 0.1) is 0 Å². The van der Waals surface area contributed by atoms with Gasteiger partial charge in [-0.1, -0.05) is 6.92 Å². The van der Waals surface area contributed by atoms with Crippen molar-refractivity contribution in [3.63, 3.8) is 0 Å². The fourth-order valence-electron chi connectivity index (χ4n) is 1.28. The van der Waals surface area contributed by atoms with Gasteiger partial charge in [0, 0.05) is 14.2 Å². The summed E-state index contributed by atoms with van der Waals surface area (Å²) in [5.41, 5.74) is -1.83. The first kappa shape index (κ1) is 12.9. The minimum Gasteiger partial charge on any atom is -0.479 e. The molecule has 0 aliphatic rings. The number of ether oxygens (including phenoxy) is 2. The van der Waals surface area contributed by atoms with Crippen LogP contribution in [0.25, 0.3) is 0 Å². The molecule has 0 bridgehead atoms. The van der Waals surface area contributed by atoms with Crippen LogP contribution in [0.2, 0.25) is 0 Å². The van der Waals surface area contributed by atoms with Crippen LogP contribution in [0.4, 0.5) is 0 Å². The lowest BCUT2D eigenvalue weighted by atomic mass is 9.93. The molecule has 0 heterocycles. The third-order valence-electron chi connectivity index (χ3n) is 2.14. The van der Waals surface area contributed by atoms with Crippen molar-refractivity contribution in [2.24, 2.45) is 0 Å². The number of carbonyl (C=O) groups is 2. The van der Waals surface area contributed by atoms with Gasteiger partial charge in [-0.25, -0.2) is 9.59 Å². The van der Waals surface area contributed by atoms with Gasteiger partial charge in [-0.15, -0.1) is 0 Å². The minimum atomic E-state index is -1.83. The fourth-order valence-corrected chi connectivity index (χ4v) is 1.28. The Kier molecular flexibility index (Phi) is 4.52. The number of carboxylic acids is 2. The average molecular weight is 206 g/mol. The van der Waals surface area contributed by atoms with Gasteiger partial charge in [0.1, 0.15) is 0 Å². The topological polar surface area (TPSA) is 93.1 Å². The van der Waals surface area contributed by atoms with Gasteiger partial charge in [-0.05, 0) is 6.42 Å². The Morgan fingerprint density at radius 2 is 1.86 bits per heavy atom. The molecule has 6 nitrogen and oxygen atoms in total. The molecule has 0 fully saturated rings. The molecule has 2 N–H and O–H groups in total. The zero-order valence-corrected chi connectivity index (χ0v) is 8.31. The first-order valence-corrected chi connectivity index (χ1v) is 4.00. The van der Waals surface area contributed by atoms with Crippen LogP contribution in [0.15, 0.2) is 0 Å². The highest BCUT2D eigenvalue weighted by Gasteiger charge is 2.49. The summed E-state index contributed by atoms with van der Waals surface area (Å²) in [6, 6.07) is 0. The summed E-state index contributed by atoms with van der Waals surface area (Å²) in [4.78, 5) is 21.7. The molecular weight excluding hydrogens is 192 g/mol. The van der Waals surface area contributed by atoms with E-state index in [4.69, 9.17) is 14.9 Å². The maximum absolute atomic E-state index is 10.9. The second-order valence-electron chi connectivity index (χ2n) is 2.71. The van der Waals surface area contributed by atoms with E-state index in [2.05, 4.69) is 4.74 Å². The Hall–Kier alpha value is -1.14. The van der Waals surface area contributed by atoms with Crippen LogP contribution >= 0.6 is 0 Å². The number of hydrogen-bond donors (Lipinski definition) is 2. The summed E-state index contributed by atoms with van der Waals surface area (Å²) in [5, 5.41) is 17.7. The van der Waals surface area contributed by atoms with Gasteiger partial charge in [0.25, 0.3) is 0 Å². The van der Waals surface area contributed by atoms with Crippen molar-refractivity contribution in [3.8, 4) is 0 Å². The third-order valence-corrected chi connectivity index (χ3v) is 2.14. The van der Waals surface area contributed by atoms with Crippen LogP contribution in [-0.4, -0.2) is 48.1 Å². The molecule has 0 aromatic heterocycles. The molecule has 0 amide bonds. The van der Waals surface area contributed by atoms with Gasteiger partial charge < -0.3 is 19.7 Å². The predicted octanol–water partition coefficient (Wildman–Crippen LogP) is -0.0342. The smallest absolute Gasteiger partial charge is 0.339 e. The van der Waals surface area contributed by atoms with Crippen molar-refractivity contribution in [1.82, 2.24) is 0 Å². The van der Waals surface area contributed by atoms with Crippen LogP contribution in [0.5, 0.6) is 0 Å². The second-order valence-corrected chi connectivity index (χ2v) is 2.71. The van der Waals surface area contributed by atoms with Crippen LogP contribution in [-0.2, 0) is 19.1 Å². The van der Waals surface area contributed by atoms with E-state index in [-0.39, 0.29) is 6.42 Å². The first-order valence-electron chi connectivity index (χ1n) is 4.00. The summed E-state index contributed by atoms with van der Waals surface area (Å²) >= 11 is 0. The summed E-state index contributed by atoms with van der Waals surface area (Å²) in [6.45, 7) is 1.52. The Bertz CT molecular complexity index is 220. The molecule has 0 saturated heterocycles. The van der Waals surface area contributed by atoms with E-state index in [9.17, 15) is 9.59 Å². The lowest BCUT2D eigenvalue weighted by Gasteiger charge is -2.31. The minimum absolute atomic E-state index is 0.00361. The van der Waals surface area contributed by atoms with Gasteiger partial charge in [0.15, 0.2) is 6.10 Å². The standard InChI is InChI=1S/C8H14O6/c1-4-8(14-3,7(11)12)5(13-2)6(9)10/h5H,4H2,1-3H3,(H,9,10)(H,11,12). The van der Waals surface area contributed by atoms with Crippen LogP contribution < -0.4 is 0 Å². The Balaban J connectivity index is 5.13. The number of rotatable bonds is 6. The van der Waals surface area contributed by atoms with Crippen molar-refractivity contribution < 1.29 is 29.3 Å². The van der Waals surface area contributed by atoms with Gasteiger partial charge in [-0.2, -0.15) is 0 Å². The van der Waals surface area contributed by atoms with Crippen molar-refractivity contribution in [2.45, 2.75) is 25.0 Å². The quantitative estimate of drug-likeness (QED) is 0.633. The molecule has 0 rings (SSSR count). The zero-order valence-electron chi connectivity index (χ0n) is 8.31. The highest BCUT2D eigenvalue weighted by atomic mass is 16.6. The van der Waals surface area contributed by atoms with Gasteiger partial charge >= 0.3 is 11.9 Å². The van der Waals surface area contributed by atoms with E-state index in [1.165, 1.54) is 6.92 Å². The maximum Gasteiger partial charge on any atom is 0.339 e. The van der Waals surface area contributed by atoms with E-state index in [0.717, 1.165) is 14.2 Å². The molecule has 0 aromatic rings. The molecule has 0 spiro atoms. The second kappa shape index (κ2) is 4.92. The maximum atomic E-state index is 10.9. The van der Waals surface area contributed by atoms with Gasteiger partial charge in [0.2, 0.25) is 5.60 Å². The summed E-state index contributed by atoms with van der Waals surface area (Å²) in [5.74, 6) is -2.71. The Morgan fingerprint density at radius 3 is 1.93 bits per heavy atom. The molecule has 0 aliphatic heterocycles. The predicted molar refractivity (Wildman–Crippen MR) is 46.1 cm³/mol. The number of aliphatic carboxylic acids is 2. The average Bonchev–Trinajstić information content (AvgIpc) is 2.12. The Morgan fingerprint density at radius 1 is 1.36 bits per heavy atom. The molecule has 0 aromatic carbocycles. The van der Waals surface area contributed by atoms with E-state index < -0.39 is 23.6 Å². The largest absolute Gasteiger partial charge is 0.479 e. The molecule has 6 heteroatoms. The van der Waals surface area contributed by atoms with Crippen molar-refractivity contribution in [3.05, 3.63) is 0 Å². The highest BCUT2D eigenvalue weighted by Crippen LogP contribution is 2.23. The van der Waals surface area contributed by atoms with E-state index in [1.807, 2.05) is 0 Å². The molecule has 2 unspecified atom stereocenters. The molecule has 0 radical (unpaired) electrons. The van der Waals surface area contributed by atoms with Gasteiger partial charge in [-0.3, -0.25) is 0 Å². The van der Waals surface area contributed by atoms with Crippen molar-refractivity contribution in [1.29, 1.82) is 0 Å². The monoisotopic (exact) mass is 206 g/mol.